The normalized spacial score (nSPS) is 10.2. The molecular formula is C18H18O6S. The summed E-state index contributed by atoms with van der Waals surface area (Å²) in [5.41, 5.74) is 0.381. The third-order valence-electron chi connectivity index (χ3n) is 3.28. The molecule has 6 nitrogen and oxygen atoms in total. The summed E-state index contributed by atoms with van der Waals surface area (Å²) >= 11 is 1.57. The number of thioether (sulfide) groups is 1. The van der Waals surface area contributed by atoms with E-state index in [1.807, 2.05) is 0 Å². The van der Waals surface area contributed by atoms with Crippen LogP contribution in [0.3, 0.4) is 0 Å². The van der Waals surface area contributed by atoms with E-state index in [4.69, 9.17) is 9.47 Å². The lowest BCUT2D eigenvalue weighted by Crippen LogP contribution is -2.05. The second-order valence-corrected chi connectivity index (χ2v) is 6.16. The van der Waals surface area contributed by atoms with E-state index < -0.39 is 0 Å². The predicted molar refractivity (Wildman–Crippen MR) is 95.3 cm³/mol. The molecule has 0 spiro atoms. The summed E-state index contributed by atoms with van der Waals surface area (Å²) in [5.74, 6) is 1.56. The van der Waals surface area contributed by atoms with E-state index in [-0.39, 0.29) is 34.1 Å². The maximum Gasteiger partial charge on any atom is 0.168 e. The number of hydrogen-bond acceptors (Lipinski definition) is 7. The van der Waals surface area contributed by atoms with Gasteiger partial charge < -0.3 is 19.7 Å². The zero-order valence-corrected chi connectivity index (χ0v) is 14.2. The number of aldehydes is 2. The largest absolute Gasteiger partial charge is 0.504 e. The van der Waals surface area contributed by atoms with Gasteiger partial charge in [-0.1, -0.05) is 12.1 Å². The van der Waals surface area contributed by atoms with Gasteiger partial charge in [-0.2, -0.15) is 11.8 Å². The van der Waals surface area contributed by atoms with E-state index in [1.165, 1.54) is 12.1 Å². The number of benzene rings is 2. The summed E-state index contributed by atoms with van der Waals surface area (Å²) in [7, 11) is 0. The van der Waals surface area contributed by atoms with E-state index in [0.717, 1.165) is 0 Å². The van der Waals surface area contributed by atoms with Gasteiger partial charge >= 0.3 is 0 Å². The molecule has 132 valence electrons. The highest BCUT2D eigenvalue weighted by atomic mass is 32.2. The average molecular weight is 362 g/mol. The quantitative estimate of drug-likeness (QED) is 0.496. The number of carbonyl (C=O) groups is 2. The minimum Gasteiger partial charge on any atom is -0.504 e. The first-order chi connectivity index (χ1) is 12.2. The Morgan fingerprint density at radius 2 is 1.24 bits per heavy atom. The number of para-hydroxylation sites is 2. The van der Waals surface area contributed by atoms with Crippen LogP contribution >= 0.6 is 11.8 Å². The first kappa shape index (κ1) is 18.7. The van der Waals surface area contributed by atoms with E-state index >= 15 is 0 Å². The van der Waals surface area contributed by atoms with Crippen molar-refractivity contribution >= 4 is 24.3 Å². The van der Waals surface area contributed by atoms with Crippen LogP contribution in [0, 0.1) is 0 Å². The van der Waals surface area contributed by atoms with Crippen LogP contribution in [0.15, 0.2) is 36.4 Å². The molecule has 2 rings (SSSR count). The molecule has 2 aromatic rings. The molecule has 0 heterocycles. The molecule has 0 unspecified atom stereocenters. The van der Waals surface area contributed by atoms with Crippen molar-refractivity contribution in [3.63, 3.8) is 0 Å². The molecule has 0 amide bonds. The zero-order valence-electron chi connectivity index (χ0n) is 13.4. The summed E-state index contributed by atoms with van der Waals surface area (Å²) in [6, 6.07) is 9.49. The summed E-state index contributed by atoms with van der Waals surface area (Å²) in [6.45, 7) is 0.735. The first-order valence-electron chi connectivity index (χ1n) is 7.55. The Balaban J connectivity index is 1.67. The van der Waals surface area contributed by atoms with Gasteiger partial charge in [0.15, 0.2) is 35.6 Å². The first-order valence-corrected chi connectivity index (χ1v) is 8.70. The number of carbonyl (C=O) groups excluding carboxylic acids is 2. The standard InChI is InChI=1S/C18H18O6S/c19-11-13-3-1-5-15(17(13)21)23-7-9-25-10-8-24-16-6-2-4-14(12-20)18(16)22/h1-6,11-12,21-22H,7-10H2. The monoisotopic (exact) mass is 362 g/mol. The highest BCUT2D eigenvalue weighted by Crippen LogP contribution is 2.29. The molecule has 0 bridgehead atoms. The molecule has 0 atom stereocenters. The van der Waals surface area contributed by atoms with Crippen LogP contribution < -0.4 is 9.47 Å². The van der Waals surface area contributed by atoms with Gasteiger partial charge in [0.1, 0.15) is 0 Å². The predicted octanol–water partition coefficient (Wildman–Crippen LogP) is 2.91. The Morgan fingerprint density at radius 1 is 0.800 bits per heavy atom. The van der Waals surface area contributed by atoms with Gasteiger partial charge in [-0.15, -0.1) is 0 Å². The van der Waals surface area contributed by atoms with E-state index in [9.17, 15) is 19.8 Å². The molecule has 0 saturated heterocycles. The fourth-order valence-electron chi connectivity index (χ4n) is 2.02. The Bertz CT molecular complexity index is 670. The van der Waals surface area contributed by atoms with Crippen LogP contribution in [0.5, 0.6) is 23.0 Å². The van der Waals surface area contributed by atoms with Crippen molar-refractivity contribution in [2.75, 3.05) is 24.7 Å². The number of phenolic OH excluding ortho intramolecular Hbond substituents is 2. The molecular weight excluding hydrogens is 344 g/mol. The molecule has 0 radical (unpaired) electrons. The maximum absolute atomic E-state index is 10.7. The third-order valence-corrected chi connectivity index (χ3v) is 4.20. The molecule has 7 heteroatoms. The Labute approximate surface area is 149 Å². The lowest BCUT2D eigenvalue weighted by Gasteiger charge is -2.10. The smallest absolute Gasteiger partial charge is 0.168 e. The number of hydrogen-bond donors (Lipinski definition) is 2. The van der Waals surface area contributed by atoms with Gasteiger partial charge in [0.25, 0.3) is 0 Å². The van der Waals surface area contributed by atoms with E-state index in [1.54, 1.807) is 36.0 Å². The van der Waals surface area contributed by atoms with Crippen LogP contribution in [-0.2, 0) is 0 Å². The summed E-state index contributed by atoms with van der Waals surface area (Å²) < 4.78 is 10.9. The molecule has 0 saturated carbocycles. The number of aromatic hydroxyl groups is 2. The summed E-state index contributed by atoms with van der Waals surface area (Å²) in [6.07, 6.45) is 1.15. The van der Waals surface area contributed by atoms with Gasteiger partial charge in [0, 0.05) is 11.5 Å². The van der Waals surface area contributed by atoms with Crippen LogP contribution in [0.25, 0.3) is 0 Å². The van der Waals surface area contributed by atoms with Crippen molar-refractivity contribution < 1.29 is 29.3 Å². The van der Waals surface area contributed by atoms with Crippen molar-refractivity contribution in [2.45, 2.75) is 0 Å². The Morgan fingerprint density at radius 3 is 1.64 bits per heavy atom. The third kappa shape index (κ3) is 5.15. The number of rotatable bonds is 10. The van der Waals surface area contributed by atoms with Crippen molar-refractivity contribution in [1.29, 1.82) is 0 Å². The zero-order chi connectivity index (χ0) is 18.1. The van der Waals surface area contributed by atoms with Gasteiger partial charge in [-0.3, -0.25) is 9.59 Å². The SMILES string of the molecule is O=Cc1cccc(OCCSCCOc2cccc(C=O)c2O)c1O. The van der Waals surface area contributed by atoms with Crippen molar-refractivity contribution in [1.82, 2.24) is 0 Å². The topological polar surface area (TPSA) is 93.1 Å². The maximum atomic E-state index is 10.7. The fourth-order valence-corrected chi connectivity index (χ4v) is 2.63. The Kier molecular flexibility index (Phi) is 7.16. The highest BCUT2D eigenvalue weighted by Gasteiger charge is 2.08. The van der Waals surface area contributed by atoms with Crippen LogP contribution in [0.2, 0.25) is 0 Å². The van der Waals surface area contributed by atoms with Gasteiger partial charge in [0.2, 0.25) is 0 Å². The molecule has 0 aliphatic rings. The molecule has 25 heavy (non-hydrogen) atoms. The molecule has 0 aromatic heterocycles. The average Bonchev–Trinajstić information content (AvgIpc) is 2.63. The van der Waals surface area contributed by atoms with Crippen molar-refractivity contribution in [2.24, 2.45) is 0 Å². The second kappa shape index (κ2) is 9.58. The van der Waals surface area contributed by atoms with Gasteiger partial charge in [-0.05, 0) is 24.3 Å². The summed E-state index contributed by atoms with van der Waals surface area (Å²) in [5, 5.41) is 19.6. The highest BCUT2D eigenvalue weighted by molar-refractivity contribution is 7.99. The fraction of sp³-hybridized carbons (Fsp3) is 0.222. The molecule has 0 fully saturated rings. The lowest BCUT2D eigenvalue weighted by atomic mass is 10.2. The van der Waals surface area contributed by atoms with Crippen LogP contribution in [0.1, 0.15) is 20.7 Å². The lowest BCUT2D eigenvalue weighted by molar-refractivity contribution is 0.111. The molecule has 2 N–H and O–H groups in total. The van der Waals surface area contributed by atoms with Gasteiger partial charge in [-0.25, -0.2) is 0 Å². The van der Waals surface area contributed by atoms with Crippen LogP contribution in [-0.4, -0.2) is 47.5 Å². The Hall–Kier alpha value is -2.67. The van der Waals surface area contributed by atoms with Crippen molar-refractivity contribution in [3.8, 4) is 23.0 Å². The van der Waals surface area contributed by atoms with Gasteiger partial charge in [0.05, 0.1) is 24.3 Å². The van der Waals surface area contributed by atoms with Crippen molar-refractivity contribution in [3.05, 3.63) is 47.5 Å². The number of phenols is 2. The number of ether oxygens (including phenoxy) is 2. The van der Waals surface area contributed by atoms with Crippen LogP contribution in [0.4, 0.5) is 0 Å². The minimum atomic E-state index is -0.156. The molecule has 0 aliphatic carbocycles. The summed E-state index contributed by atoms with van der Waals surface area (Å²) in [4.78, 5) is 21.5. The molecule has 0 aliphatic heterocycles. The van der Waals surface area contributed by atoms with E-state index in [0.29, 0.717) is 37.3 Å². The van der Waals surface area contributed by atoms with E-state index in [2.05, 4.69) is 0 Å². The minimum absolute atomic E-state index is 0.156. The molecule has 2 aromatic carbocycles. The second-order valence-electron chi connectivity index (χ2n) is 4.93.